The van der Waals surface area contributed by atoms with E-state index < -0.39 is 11.8 Å². The molecule has 0 bridgehead atoms. The van der Waals surface area contributed by atoms with Crippen molar-refractivity contribution in [1.29, 1.82) is 0 Å². The number of thiocarbonyl (C=S) groups is 1. The number of benzene rings is 1. The highest BCUT2D eigenvalue weighted by Gasteiger charge is 2.33. The Hall–Kier alpha value is -2.77. The second-order valence-electron chi connectivity index (χ2n) is 7.15. The molecule has 1 aliphatic rings. The smallest absolute Gasteiger partial charge is 0.265 e. The number of hydrogen-bond donors (Lipinski definition) is 1. The summed E-state index contributed by atoms with van der Waals surface area (Å²) < 4.78 is 7.19. The largest absolute Gasteiger partial charge is 0.383 e. The van der Waals surface area contributed by atoms with E-state index in [0.29, 0.717) is 6.61 Å². The van der Waals surface area contributed by atoms with Gasteiger partial charge in [-0.15, -0.1) is 0 Å². The van der Waals surface area contributed by atoms with Gasteiger partial charge in [-0.25, -0.2) is 0 Å². The zero-order chi connectivity index (χ0) is 21.3. The first kappa shape index (κ1) is 21.0. The van der Waals surface area contributed by atoms with Gasteiger partial charge in [0.25, 0.3) is 11.8 Å². The Morgan fingerprint density at radius 3 is 2.59 bits per heavy atom. The molecule has 7 heteroatoms. The number of aryl methyl sites for hydroxylation is 2. The highest BCUT2D eigenvalue weighted by Crippen LogP contribution is 2.27. The third-order valence-corrected chi connectivity index (χ3v) is 5.61. The first-order valence-corrected chi connectivity index (χ1v) is 9.80. The predicted molar refractivity (Wildman–Crippen MR) is 117 cm³/mol. The molecule has 3 rings (SSSR count). The van der Waals surface area contributed by atoms with Crippen LogP contribution in [0.25, 0.3) is 11.8 Å². The number of carbonyl (C=O) groups is 2. The standard InChI is InChI=1S/C22H25N3O3S/c1-13-7-6-8-19(15(13)3)25-14(2)11-17(16(25)4)12-18-20(26)23-22(29)24(21(18)27)9-10-28-5/h6-8,11-12H,9-10H2,1-5H3,(H,23,26,29)/b18-12-. The topological polar surface area (TPSA) is 63.6 Å². The van der Waals surface area contributed by atoms with Crippen LogP contribution in [0.2, 0.25) is 0 Å². The number of rotatable bonds is 5. The first-order valence-electron chi connectivity index (χ1n) is 9.39. The van der Waals surface area contributed by atoms with Crippen molar-refractivity contribution in [2.24, 2.45) is 0 Å². The van der Waals surface area contributed by atoms with Gasteiger partial charge in [0.15, 0.2) is 5.11 Å². The van der Waals surface area contributed by atoms with Crippen LogP contribution in [0, 0.1) is 27.7 Å². The molecule has 152 valence electrons. The van der Waals surface area contributed by atoms with Crippen molar-refractivity contribution in [2.75, 3.05) is 20.3 Å². The highest BCUT2D eigenvalue weighted by molar-refractivity contribution is 7.80. The minimum Gasteiger partial charge on any atom is -0.383 e. The number of nitrogens with one attached hydrogen (secondary N) is 1. The molecule has 0 spiro atoms. The Kier molecular flexibility index (Phi) is 6.00. The minimum absolute atomic E-state index is 0.0657. The lowest BCUT2D eigenvalue weighted by atomic mass is 10.1. The van der Waals surface area contributed by atoms with Crippen LogP contribution in [0.5, 0.6) is 0 Å². The van der Waals surface area contributed by atoms with E-state index in [4.69, 9.17) is 17.0 Å². The molecule has 6 nitrogen and oxygen atoms in total. The molecule has 1 aromatic carbocycles. The molecule has 0 radical (unpaired) electrons. The van der Waals surface area contributed by atoms with Crippen molar-refractivity contribution in [3.8, 4) is 5.69 Å². The van der Waals surface area contributed by atoms with E-state index in [0.717, 1.165) is 22.6 Å². The fourth-order valence-electron chi connectivity index (χ4n) is 3.52. The summed E-state index contributed by atoms with van der Waals surface area (Å²) in [5.74, 6) is -0.891. The fourth-order valence-corrected chi connectivity index (χ4v) is 3.78. The summed E-state index contributed by atoms with van der Waals surface area (Å²) in [4.78, 5) is 26.7. The van der Waals surface area contributed by atoms with Crippen molar-refractivity contribution in [1.82, 2.24) is 14.8 Å². The molecule has 0 saturated carbocycles. The Morgan fingerprint density at radius 2 is 1.90 bits per heavy atom. The van der Waals surface area contributed by atoms with Crippen molar-refractivity contribution < 1.29 is 14.3 Å². The van der Waals surface area contributed by atoms with Crippen molar-refractivity contribution in [2.45, 2.75) is 27.7 Å². The molecule has 0 atom stereocenters. The molecule has 29 heavy (non-hydrogen) atoms. The summed E-state index contributed by atoms with van der Waals surface area (Å²) in [6.45, 7) is 8.79. The lowest BCUT2D eigenvalue weighted by Crippen LogP contribution is -2.54. The minimum atomic E-state index is -0.481. The number of nitrogens with zero attached hydrogens (tertiary/aromatic N) is 2. The number of aromatic nitrogens is 1. The molecule has 2 amide bonds. The number of carbonyl (C=O) groups excluding carboxylic acids is 2. The molecule has 1 fully saturated rings. The maximum Gasteiger partial charge on any atom is 0.265 e. The third kappa shape index (κ3) is 3.88. The number of ether oxygens (including phenoxy) is 1. The van der Waals surface area contributed by atoms with Crippen LogP contribution in [-0.2, 0) is 14.3 Å². The molecular formula is C22H25N3O3S. The van der Waals surface area contributed by atoms with E-state index in [1.807, 2.05) is 26.0 Å². The summed E-state index contributed by atoms with van der Waals surface area (Å²) in [6, 6.07) is 8.17. The van der Waals surface area contributed by atoms with Gasteiger partial charge in [-0.05, 0) is 74.8 Å². The van der Waals surface area contributed by atoms with E-state index in [1.54, 1.807) is 13.2 Å². The van der Waals surface area contributed by atoms with Gasteiger partial charge in [0, 0.05) is 24.2 Å². The molecular weight excluding hydrogens is 386 g/mol. The fraction of sp³-hybridized carbons (Fsp3) is 0.318. The average Bonchev–Trinajstić information content (AvgIpc) is 2.94. The normalized spacial score (nSPS) is 16.0. The van der Waals surface area contributed by atoms with E-state index >= 15 is 0 Å². The van der Waals surface area contributed by atoms with Gasteiger partial charge in [0.2, 0.25) is 0 Å². The van der Waals surface area contributed by atoms with Crippen molar-refractivity contribution >= 4 is 35.2 Å². The van der Waals surface area contributed by atoms with Gasteiger partial charge in [-0.3, -0.25) is 19.8 Å². The number of methoxy groups -OCH3 is 1. The second-order valence-corrected chi connectivity index (χ2v) is 7.53. The zero-order valence-electron chi connectivity index (χ0n) is 17.3. The Balaban J connectivity index is 2.04. The highest BCUT2D eigenvalue weighted by atomic mass is 32.1. The van der Waals surface area contributed by atoms with Gasteiger partial charge in [0.1, 0.15) is 5.57 Å². The summed E-state index contributed by atoms with van der Waals surface area (Å²) in [5, 5.41) is 2.70. The Morgan fingerprint density at radius 1 is 1.17 bits per heavy atom. The molecule has 1 N–H and O–H groups in total. The van der Waals surface area contributed by atoms with Crippen LogP contribution in [0.1, 0.15) is 28.1 Å². The maximum atomic E-state index is 12.9. The SMILES string of the molecule is COCCN1C(=O)/C(=C\c2cc(C)n(-c3cccc(C)c3C)c2C)C(=O)NC1=S. The molecule has 2 aromatic rings. The van der Waals surface area contributed by atoms with Crippen LogP contribution >= 0.6 is 12.2 Å². The van der Waals surface area contributed by atoms with Crippen LogP contribution in [0.4, 0.5) is 0 Å². The van der Waals surface area contributed by atoms with Crippen LogP contribution in [0.15, 0.2) is 29.8 Å². The quantitative estimate of drug-likeness (QED) is 0.467. The monoisotopic (exact) mass is 411 g/mol. The molecule has 0 unspecified atom stereocenters. The predicted octanol–water partition coefficient (Wildman–Crippen LogP) is 2.98. The molecule has 1 aromatic heterocycles. The molecule has 1 saturated heterocycles. The Bertz CT molecular complexity index is 1040. The summed E-state index contributed by atoms with van der Waals surface area (Å²) in [5.41, 5.74) is 6.36. The van der Waals surface area contributed by atoms with Gasteiger partial charge >= 0.3 is 0 Å². The van der Waals surface area contributed by atoms with Crippen molar-refractivity contribution in [3.63, 3.8) is 0 Å². The van der Waals surface area contributed by atoms with E-state index in [-0.39, 0.29) is 17.2 Å². The zero-order valence-corrected chi connectivity index (χ0v) is 18.1. The second kappa shape index (κ2) is 8.31. The van der Waals surface area contributed by atoms with Gasteiger partial charge in [0.05, 0.1) is 13.2 Å². The maximum absolute atomic E-state index is 12.9. The summed E-state index contributed by atoms with van der Waals surface area (Å²) in [6.07, 6.45) is 1.64. The van der Waals surface area contributed by atoms with Crippen LogP contribution in [-0.4, -0.2) is 46.7 Å². The van der Waals surface area contributed by atoms with E-state index in [2.05, 4.69) is 35.9 Å². The van der Waals surface area contributed by atoms with Gasteiger partial charge < -0.3 is 9.30 Å². The lowest BCUT2D eigenvalue weighted by molar-refractivity contribution is -0.129. The molecule has 1 aliphatic heterocycles. The first-order chi connectivity index (χ1) is 13.8. The number of amides is 2. The molecule has 2 heterocycles. The molecule has 0 aliphatic carbocycles. The van der Waals surface area contributed by atoms with Gasteiger partial charge in [-0.2, -0.15) is 0 Å². The average molecular weight is 412 g/mol. The summed E-state index contributed by atoms with van der Waals surface area (Å²) in [7, 11) is 1.55. The van der Waals surface area contributed by atoms with E-state index in [1.165, 1.54) is 16.0 Å². The van der Waals surface area contributed by atoms with Gasteiger partial charge in [-0.1, -0.05) is 12.1 Å². The summed E-state index contributed by atoms with van der Waals surface area (Å²) >= 11 is 5.14. The van der Waals surface area contributed by atoms with Crippen molar-refractivity contribution in [3.05, 3.63) is 57.9 Å². The lowest BCUT2D eigenvalue weighted by Gasteiger charge is -2.28. The number of hydrogen-bond acceptors (Lipinski definition) is 4. The van der Waals surface area contributed by atoms with E-state index in [9.17, 15) is 9.59 Å². The van der Waals surface area contributed by atoms with Crippen LogP contribution < -0.4 is 5.32 Å². The Labute approximate surface area is 176 Å². The van der Waals surface area contributed by atoms with Crippen LogP contribution in [0.3, 0.4) is 0 Å². The third-order valence-electron chi connectivity index (χ3n) is 5.29.